The Bertz CT molecular complexity index is 1080. The lowest BCUT2D eigenvalue weighted by Gasteiger charge is -2.29. The van der Waals surface area contributed by atoms with E-state index in [1.54, 1.807) is 7.05 Å². The van der Waals surface area contributed by atoms with Gasteiger partial charge in [-0.05, 0) is 56.5 Å². The summed E-state index contributed by atoms with van der Waals surface area (Å²) < 4.78 is 0. The van der Waals surface area contributed by atoms with Crippen LogP contribution in [0.1, 0.15) is 34.6 Å². The Kier molecular flexibility index (Phi) is 9.65. The van der Waals surface area contributed by atoms with Crippen molar-refractivity contribution in [1.29, 1.82) is 5.41 Å². The molecule has 6 N–H and O–H groups in total. The van der Waals surface area contributed by atoms with Gasteiger partial charge in [-0.3, -0.25) is 26.4 Å². The molecule has 4 rings (SSSR count). The molecular formula is C25H33N7O. The summed E-state index contributed by atoms with van der Waals surface area (Å²) in [5.74, 6) is 6.21. The van der Waals surface area contributed by atoms with E-state index in [-0.39, 0.29) is 5.91 Å². The fourth-order valence-corrected chi connectivity index (χ4v) is 3.75. The molecule has 8 heteroatoms. The van der Waals surface area contributed by atoms with E-state index in [9.17, 15) is 4.79 Å². The van der Waals surface area contributed by atoms with E-state index in [1.165, 1.54) is 16.7 Å². The van der Waals surface area contributed by atoms with Crippen LogP contribution in [0.15, 0.2) is 48.5 Å². The maximum Gasteiger partial charge on any atom is 0.228 e. The second-order valence-electron chi connectivity index (χ2n) is 7.61. The van der Waals surface area contributed by atoms with Crippen molar-refractivity contribution in [3.8, 4) is 11.1 Å². The molecule has 0 aliphatic carbocycles. The molecule has 8 nitrogen and oxygen atoms in total. The largest absolute Gasteiger partial charge is 0.390 e. The van der Waals surface area contributed by atoms with Gasteiger partial charge in [-0.25, -0.2) is 9.97 Å². The summed E-state index contributed by atoms with van der Waals surface area (Å²) in [6.45, 7) is 6.53. The van der Waals surface area contributed by atoms with Gasteiger partial charge in [-0.15, -0.1) is 0 Å². The Hall–Kier alpha value is -3.62. The van der Waals surface area contributed by atoms with E-state index >= 15 is 0 Å². The minimum atomic E-state index is 0.128. The fourth-order valence-electron chi connectivity index (χ4n) is 3.75. The van der Waals surface area contributed by atoms with E-state index in [1.807, 2.05) is 18.7 Å². The van der Waals surface area contributed by atoms with Crippen LogP contribution < -0.4 is 21.9 Å². The molecule has 1 aliphatic heterocycles. The van der Waals surface area contributed by atoms with Gasteiger partial charge < -0.3 is 5.73 Å². The lowest BCUT2D eigenvalue weighted by Crippen LogP contribution is -2.36. The van der Waals surface area contributed by atoms with Gasteiger partial charge in [0.2, 0.25) is 5.91 Å². The first-order valence-corrected chi connectivity index (χ1v) is 10.7. The Balaban J connectivity index is 0.000000582. The van der Waals surface area contributed by atoms with Crippen LogP contribution in [-0.4, -0.2) is 29.3 Å². The topological polar surface area (TPSA) is 134 Å². The summed E-state index contributed by atoms with van der Waals surface area (Å²) in [4.78, 5) is 23.4. The normalized spacial score (nSPS) is 12.0. The minimum Gasteiger partial charge on any atom is -0.390 e. The summed E-state index contributed by atoms with van der Waals surface area (Å²) >= 11 is 0. The first kappa shape index (κ1) is 25.6. The predicted octanol–water partition coefficient (Wildman–Crippen LogP) is 3.18. The number of nitrogens with zero attached hydrogens (tertiary/aromatic N) is 3. The van der Waals surface area contributed by atoms with Crippen molar-refractivity contribution in [3.63, 3.8) is 0 Å². The second-order valence-corrected chi connectivity index (χ2v) is 7.61. The van der Waals surface area contributed by atoms with Crippen LogP contribution in [0.2, 0.25) is 0 Å². The molecule has 0 radical (unpaired) electrons. The molecule has 0 spiro atoms. The highest BCUT2D eigenvalue weighted by Crippen LogP contribution is 2.30. The third-order valence-electron chi connectivity index (χ3n) is 5.20. The molecule has 33 heavy (non-hydrogen) atoms. The number of rotatable bonds is 3. The summed E-state index contributed by atoms with van der Waals surface area (Å²) in [6.07, 6.45) is 1.99. The second kappa shape index (κ2) is 12.4. The highest BCUT2D eigenvalue weighted by Gasteiger charge is 2.27. The van der Waals surface area contributed by atoms with Crippen molar-refractivity contribution in [2.75, 3.05) is 11.9 Å². The molecule has 0 unspecified atom stereocenters. The third-order valence-corrected chi connectivity index (χ3v) is 5.20. The highest BCUT2D eigenvalue weighted by atomic mass is 16.2. The molecule has 0 bridgehead atoms. The standard InChI is InChI=1S/C23H23N3O.CH6N2.CH4N2/c1-15-6-4-5-7-20(15)19-10-8-18(9-11-19)14-26-22(27)13-12-21-16(2)24-17(3)25-23(21)26;1-3-2;2-1-3/h4-11H,12-14H2,1-3H3;3H,2H2,1H3;1H,(H3,2,3). The highest BCUT2D eigenvalue weighted by molar-refractivity contribution is 5.95. The van der Waals surface area contributed by atoms with Crippen LogP contribution >= 0.6 is 0 Å². The lowest BCUT2D eigenvalue weighted by atomic mass is 9.99. The summed E-state index contributed by atoms with van der Waals surface area (Å²) in [5, 5.41) is 5.86. The van der Waals surface area contributed by atoms with Crippen LogP contribution in [0.3, 0.4) is 0 Å². The van der Waals surface area contributed by atoms with E-state index < -0.39 is 0 Å². The van der Waals surface area contributed by atoms with Gasteiger partial charge in [0.25, 0.3) is 0 Å². The number of anilines is 1. The molecule has 1 aliphatic rings. The van der Waals surface area contributed by atoms with E-state index in [4.69, 9.17) is 5.41 Å². The average Bonchev–Trinajstić information content (AvgIpc) is 2.78. The number of hydrazine groups is 1. The van der Waals surface area contributed by atoms with Crippen molar-refractivity contribution in [2.45, 2.75) is 40.2 Å². The van der Waals surface area contributed by atoms with Crippen molar-refractivity contribution in [3.05, 3.63) is 76.7 Å². The predicted molar refractivity (Wildman–Crippen MR) is 134 cm³/mol. The Morgan fingerprint density at radius 2 is 1.67 bits per heavy atom. The Labute approximate surface area is 195 Å². The summed E-state index contributed by atoms with van der Waals surface area (Å²) in [5.41, 5.74) is 13.5. The molecular weight excluding hydrogens is 414 g/mol. The number of hydrogen-bond donors (Lipinski definition) is 4. The monoisotopic (exact) mass is 447 g/mol. The van der Waals surface area contributed by atoms with Gasteiger partial charge in [0, 0.05) is 17.7 Å². The lowest BCUT2D eigenvalue weighted by molar-refractivity contribution is -0.119. The molecule has 0 atom stereocenters. The smallest absolute Gasteiger partial charge is 0.228 e. The SMILES string of the molecule is CNN.Cc1nc(C)c2c(n1)N(Cc1ccc(-c3ccccc3C)cc1)C(=O)CC2.N=CN. The number of aromatic nitrogens is 2. The number of fused-ring (bicyclic) bond motifs is 1. The van der Waals surface area contributed by atoms with Gasteiger partial charge in [-0.1, -0.05) is 48.5 Å². The van der Waals surface area contributed by atoms with Gasteiger partial charge in [0.1, 0.15) is 11.6 Å². The third kappa shape index (κ3) is 6.68. The molecule has 1 amide bonds. The van der Waals surface area contributed by atoms with Gasteiger partial charge in [0.05, 0.1) is 12.9 Å². The van der Waals surface area contributed by atoms with Crippen LogP contribution in [0, 0.1) is 26.2 Å². The number of nitrogens with one attached hydrogen (secondary N) is 2. The van der Waals surface area contributed by atoms with Gasteiger partial charge in [-0.2, -0.15) is 0 Å². The van der Waals surface area contributed by atoms with Crippen LogP contribution in [-0.2, 0) is 17.8 Å². The van der Waals surface area contributed by atoms with Crippen molar-refractivity contribution >= 4 is 18.1 Å². The Morgan fingerprint density at radius 3 is 2.27 bits per heavy atom. The van der Waals surface area contributed by atoms with Crippen LogP contribution in [0.5, 0.6) is 0 Å². The molecule has 1 aromatic heterocycles. The number of aryl methyl sites for hydroxylation is 3. The number of carbonyl (C=O) groups is 1. The van der Waals surface area contributed by atoms with Crippen LogP contribution in [0.25, 0.3) is 11.1 Å². The number of hydrogen-bond acceptors (Lipinski definition) is 6. The van der Waals surface area contributed by atoms with Crippen molar-refractivity contribution < 1.29 is 4.79 Å². The first-order valence-electron chi connectivity index (χ1n) is 10.7. The number of carbonyl (C=O) groups excluding carboxylic acids is 1. The summed E-state index contributed by atoms with van der Waals surface area (Å²) in [6, 6.07) is 16.8. The zero-order valence-electron chi connectivity index (χ0n) is 19.7. The first-order chi connectivity index (χ1) is 15.9. The van der Waals surface area contributed by atoms with E-state index in [0.717, 1.165) is 35.4 Å². The van der Waals surface area contributed by atoms with E-state index in [0.29, 0.717) is 18.8 Å². The number of amides is 1. The minimum absolute atomic E-state index is 0.128. The van der Waals surface area contributed by atoms with E-state index in [2.05, 4.69) is 82.4 Å². The van der Waals surface area contributed by atoms with Gasteiger partial charge in [0.15, 0.2) is 0 Å². The van der Waals surface area contributed by atoms with Crippen molar-refractivity contribution in [2.24, 2.45) is 11.6 Å². The fraction of sp³-hybridized carbons (Fsp3) is 0.280. The maximum atomic E-state index is 12.6. The zero-order valence-corrected chi connectivity index (χ0v) is 19.7. The van der Waals surface area contributed by atoms with Crippen molar-refractivity contribution in [1.82, 2.24) is 15.4 Å². The number of benzene rings is 2. The molecule has 174 valence electrons. The van der Waals surface area contributed by atoms with Crippen LogP contribution in [0.4, 0.5) is 5.82 Å². The molecule has 0 fully saturated rings. The maximum absolute atomic E-state index is 12.6. The molecule has 0 saturated heterocycles. The molecule has 2 heterocycles. The molecule has 0 saturated carbocycles. The Morgan fingerprint density at radius 1 is 1.06 bits per heavy atom. The molecule has 3 aromatic rings. The zero-order chi connectivity index (χ0) is 24.4. The molecule has 2 aromatic carbocycles. The van der Waals surface area contributed by atoms with Gasteiger partial charge >= 0.3 is 0 Å². The average molecular weight is 448 g/mol. The quantitative estimate of drug-likeness (QED) is 0.211. The summed E-state index contributed by atoms with van der Waals surface area (Å²) in [7, 11) is 1.65. The number of nitrogens with two attached hydrogens (primary N) is 2.